The van der Waals surface area contributed by atoms with Crippen LogP contribution in [0.5, 0.6) is 5.75 Å². The summed E-state index contributed by atoms with van der Waals surface area (Å²) in [7, 11) is 3.53. The molecule has 0 saturated heterocycles. The number of nitriles is 2. The van der Waals surface area contributed by atoms with Crippen molar-refractivity contribution in [3.8, 4) is 17.9 Å². The molecule has 1 heterocycles. The van der Waals surface area contributed by atoms with Gasteiger partial charge in [0.1, 0.15) is 24.1 Å². The molecule has 1 aliphatic heterocycles. The van der Waals surface area contributed by atoms with E-state index < -0.39 is 17.9 Å². The zero-order valence-electron chi connectivity index (χ0n) is 21.9. The van der Waals surface area contributed by atoms with Gasteiger partial charge in [0.15, 0.2) is 0 Å². The predicted octanol–water partition coefficient (Wildman–Crippen LogP) is 3.54. The van der Waals surface area contributed by atoms with Crippen LogP contribution in [0.4, 0.5) is 0 Å². The van der Waals surface area contributed by atoms with Gasteiger partial charge in [-0.25, -0.2) is 9.59 Å². The number of allylic oxidation sites excluding steroid dienone is 2. The third-order valence-electron chi connectivity index (χ3n) is 6.10. The molecule has 1 aliphatic rings. The zero-order valence-corrected chi connectivity index (χ0v) is 21.9. The number of carbonyl (C=O) groups excluding carboxylic acids is 2. The minimum absolute atomic E-state index is 0.0329. The van der Waals surface area contributed by atoms with Gasteiger partial charge in [0, 0.05) is 18.8 Å². The second-order valence-corrected chi connectivity index (χ2v) is 8.64. The number of hydrogen-bond acceptors (Lipinski definition) is 9. The average molecular weight is 515 g/mol. The Morgan fingerprint density at radius 3 is 2.32 bits per heavy atom. The van der Waals surface area contributed by atoms with Crippen molar-refractivity contribution >= 4 is 11.9 Å². The summed E-state index contributed by atoms with van der Waals surface area (Å²) in [5.74, 6) is -1.63. The molecule has 0 radical (unpaired) electrons. The number of benzene rings is 2. The Morgan fingerprint density at radius 2 is 1.68 bits per heavy atom. The second kappa shape index (κ2) is 13.1. The van der Waals surface area contributed by atoms with E-state index in [0.717, 1.165) is 11.3 Å². The van der Waals surface area contributed by atoms with Gasteiger partial charge in [-0.3, -0.25) is 4.90 Å². The van der Waals surface area contributed by atoms with Gasteiger partial charge in [0.25, 0.3) is 0 Å². The summed E-state index contributed by atoms with van der Waals surface area (Å²) in [4.78, 5) is 28.4. The zero-order chi connectivity index (χ0) is 27.7. The molecule has 9 nitrogen and oxygen atoms in total. The number of nitrogens with one attached hydrogen (secondary N) is 1. The third-order valence-corrected chi connectivity index (χ3v) is 6.10. The Bertz CT molecular complexity index is 1330. The molecule has 196 valence electrons. The minimum atomic E-state index is -1.01. The molecule has 1 N–H and O–H groups in total. The third kappa shape index (κ3) is 6.39. The van der Waals surface area contributed by atoms with Crippen molar-refractivity contribution in [1.29, 1.82) is 10.5 Å². The Balaban J connectivity index is 1.84. The van der Waals surface area contributed by atoms with Gasteiger partial charge in [0.05, 0.1) is 42.4 Å². The van der Waals surface area contributed by atoms with E-state index in [9.17, 15) is 20.1 Å². The number of dihydropyridines is 1. The fraction of sp³-hybridized carbons (Fsp3) is 0.310. The first-order chi connectivity index (χ1) is 18.3. The molecule has 9 heteroatoms. The highest BCUT2D eigenvalue weighted by Crippen LogP contribution is 2.40. The van der Waals surface area contributed by atoms with E-state index in [2.05, 4.69) is 11.4 Å². The molecule has 1 atom stereocenters. The van der Waals surface area contributed by atoms with Crippen molar-refractivity contribution in [3.63, 3.8) is 0 Å². The maximum Gasteiger partial charge on any atom is 0.337 e. The highest BCUT2D eigenvalue weighted by atomic mass is 16.5. The summed E-state index contributed by atoms with van der Waals surface area (Å²) in [6, 6.07) is 18.5. The summed E-state index contributed by atoms with van der Waals surface area (Å²) in [6.45, 7) is 4.56. The van der Waals surface area contributed by atoms with Gasteiger partial charge in [-0.2, -0.15) is 10.5 Å². The maximum atomic E-state index is 13.4. The Morgan fingerprint density at radius 1 is 1.00 bits per heavy atom. The van der Waals surface area contributed by atoms with E-state index in [0.29, 0.717) is 24.4 Å². The predicted molar refractivity (Wildman–Crippen MR) is 139 cm³/mol. The molecule has 2 aromatic rings. The van der Waals surface area contributed by atoms with Crippen molar-refractivity contribution in [1.82, 2.24) is 10.2 Å². The van der Waals surface area contributed by atoms with Gasteiger partial charge >= 0.3 is 11.9 Å². The highest BCUT2D eigenvalue weighted by molar-refractivity contribution is 6.00. The van der Waals surface area contributed by atoms with Crippen LogP contribution in [0.1, 0.15) is 36.5 Å². The fourth-order valence-corrected chi connectivity index (χ4v) is 4.27. The lowest BCUT2D eigenvalue weighted by Crippen LogP contribution is -2.34. The van der Waals surface area contributed by atoms with Crippen LogP contribution in [-0.2, 0) is 25.6 Å². The molecule has 1 unspecified atom stereocenters. The van der Waals surface area contributed by atoms with Gasteiger partial charge in [-0.05, 0) is 50.2 Å². The van der Waals surface area contributed by atoms with Crippen LogP contribution in [0.15, 0.2) is 71.1 Å². The van der Waals surface area contributed by atoms with Crippen molar-refractivity contribution < 1.29 is 23.8 Å². The van der Waals surface area contributed by atoms with Gasteiger partial charge in [-0.15, -0.1) is 0 Å². The van der Waals surface area contributed by atoms with Crippen LogP contribution in [0.25, 0.3) is 0 Å². The molecule has 38 heavy (non-hydrogen) atoms. The van der Waals surface area contributed by atoms with E-state index in [-0.39, 0.29) is 35.6 Å². The van der Waals surface area contributed by atoms with Crippen LogP contribution in [0, 0.1) is 22.7 Å². The molecule has 2 aromatic carbocycles. The Hall–Kier alpha value is -4.60. The molecule has 0 amide bonds. The summed E-state index contributed by atoms with van der Waals surface area (Å²) in [5.41, 5.74) is 2.21. The van der Waals surface area contributed by atoms with Gasteiger partial charge in [0.2, 0.25) is 0 Å². The molecular formula is C29H30N4O5. The lowest BCUT2D eigenvalue weighted by atomic mass is 9.78. The molecule has 0 aliphatic carbocycles. The SMILES string of the molecule is CCOC(=O)C1=C(C#N)NC(C)=C(C(=O)OCCN(C)Cc2ccc(OC)cc2)C1c1ccccc1C#N. The van der Waals surface area contributed by atoms with Crippen LogP contribution in [-0.4, -0.2) is 50.8 Å². The molecule has 0 bridgehead atoms. The number of hydrogen-bond donors (Lipinski definition) is 1. The first-order valence-corrected chi connectivity index (χ1v) is 12.1. The summed E-state index contributed by atoms with van der Waals surface area (Å²) >= 11 is 0. The van der Waals surface area contributed by atoms with Gasteiger partial charge < -0.3 is 19.5 Å². The number of likely N-dealkylation sites (N-methyl/N-ethyl adjacent to an activating group) is 1. The van der Waals surface area contributed by atoms with Crippen molar-refractivity contribution in [2.45, 2.75) is 26.3 Å². The number of methoxy groups -OCH3 is 1. The standard InChI is InChI=1S/C29H30N4O5/c1-5-37-29(35)27-24(17-31)32-19(2)25(26(27)23-9-7-6-8-21(23)16-30)28(34)38-15-14-33(3)18-20-10-12-22(36-4)13-11-20/h6-13,26,32H,5,14-15,18H2,1-4H3. The van der Waals surface area contributed by atoms with Crippen molar-refractivity contribution in [3.05, 3.63) is 87.8 Å². The van der Waals surface area contributed by atoms with E-state index in [1.54, 1.807) is 45.2 Å². The molecule has 0 aromatic heterocycles. The quantitative estimate of drug-likeness (QED) is 0.474. The number of carbonyl (C=O) groups is 2. The van der Waals surface area contributed by atoms with Crippen LogP contribution in [0.3, 0.4) is 0 Å². The van der Waals surface area contributed by atoms with E-state index in [1.807, 2.05) is 42.3 Å². The van der Waals surface area contributed by atoms with Crippen molar-refractivity contribution in [2.24, 2.45) is 0 Å². The minimum Gasteiger partial charge on any atom is -0.497 e. The topological polar surface area (TPSA) is 125 Å². The number of nitrogens with zero attached hydrogens (tertiary/aromatic N) is 3. The summed E-state index contributed by atoms with van der Waals surface area (Å²) in [5, 5.41) is 22.4. The average Bonchev–Trinajstić information content (AvgIpc) is 2.92. The first-order valence-electron chi connectivity index (χ1n) is 12.1. The Kier molecular flexibility index (Phi) is 9.64. The normalized spacial score (nSPS) is 14.9. The van der Waals surface area contributed by atoms with Crippen LogP contribution < -0.4 is 10.1 Å². The van der Waals surface area contributed by atoms with Crippen LogP contribution >= 0.6 is 0 Å². The Labute approximate surface area is 222 Å². The number of rotatable bonds is 10. The summed E-state index contributed by atoms with van der Waals surface area (Å²) in [6.07, 6.45) is 0. The van der Waals surface area contributed by atoms with Crippen molar-refractivity contribution in [2.75, 3.05) is 33.9 Å². The summed E-state index contributed by atoms with van der Waals surface area (Å²) < 4.78 is 16.1. The maximum absolute atomic E-state index is 13.4. The molecule has 0 fully saturated rings. The molecule has 0 saturated carbocycles. The van der Waals surface area contributed by atoms with Crippen LogP contribution in [0.2, 0.25) is 0 Å². The molecule has 0 spiro atoms. The number of ether oxygens (including phenoxy) is 3. The monoisotopic (exact) mass is 514 g/mol. The fourth-order valence-electron chi connectivity index (χ4n) is 4.27. The second-order valence-electron chi connectivity index (χ2n) is 8.64. The largest absolute Gasteiger partial charge is 0.497 e. The van der Waals surface area contributed by atoms with E-state index >= 15 is 0 Å². The smallest absolute Gasteiger partial charge is 0.337 e. The molecule has 3 rings (SSSR count). The van der Waals surface area contributed by atoms with E-state index in [4.69, 9.17) is 14.2 Å². The van der Waals surface area contributed by atoms with Gasteiger partial charge in [-0.1, -0.05) is 30.3 Å². The number of esters is 2. The highest BCUT2D eigenvalue weighted by Gasteiger charge is 2.40. The lowest BCUT2D eigenvalue weighted by Gasteiger charge is -2.30. The van der Waals surface area contributed by atoms with E-state index in [1.165, 1.54) is 0 Å². The molecular weight excluding hydrogens is 484 g/mol. The lowest BCUT2D eigenvalue weighted by molar-refractivity contribution is -0.140. The first kappa shape index (κ1) is 28.0.